The molecular formula is C24H37N7O. The quantitative estimate of drug-likeness (QED) is 0.586. The van der Waals surface area contributed by atoms with Crippen LogP contribution in [0.15, 0.2) is 40.7 Å². The molecule has 2 aromatic heterocycles. The van der Waals surface area contributed by atoms with E-state index in [9.17, 15) is 0 Å². The van der Waals surface area contributed by atoms with Gasteiger partial charge in [-0.2, -0.15) is 5.10 Å². The number of nitrogens with one attached hydrogen (secondary N) is 1. The second-order valence-corrected chi connectivity index (χ2v) is 8.42. The van der Waals surface area contributed by atoms with Crippen LogP contribution in [0.1, 0.15) is 38.7 Å². The first-order valence-corrected chi connectivity index (χ1v) is 11.5. The predicted octanol–water partition coefficient (Wildman–Crippen LogP) is 2.93. The van der Waals surface area contributed by atoms with Crippen LogP contribution in [0.25, 0.3) is 16.7 Å². The van der Waals surface area contributed by atoms with Gasteiger partial charge in [0.25, 0.3) is 0 Å². The first kappa shape index (κ1) is 23.9. The van der Waals surface area contributed by atoms with Crippen molar-refractivity contribution in [2.45, 2.75) is 39.2 Å². The summed E-state index contributed by atoms with van der Waals surface area (Å²) < 4.78 is 0. The normalized spacial score (nSPS) is 20.4. The first-order valence-electron chi connectivity index (χ1n) is 11.5. The molecule has 0 fully saturated rings. The van der Waals surface area contributed by atoms with E-state index in [0.29, 0.717) is 6.54 Å². The van der Waals surface area contributed by atoms with Crippen molar-refractivity contribution >= 4 is 28.8 Å². The molecule has 0 amide bonds. The van der Waals surface area contributed by atoms with E-state index in [1.54, 1.807) is 0 Å². The number of hydrogen-bond acceptors (Lipinski definition) is 7. The SMILES string of the molecule is CC[C@@H](C)CCCN(CCN)C1=NC(c2c[nH]c3ncccc23)=CC2C=NN(C)C12.CO. The van der Waals surface area contributed by atoms with E-state index in [0.717, 1.165) is 60.7 Å². The van der Waals surface area contributed by atoms with E-state index in [-0.39, 0.29) is 12.0 Å². The largest absolute Gasteiger partial charge is 0.400 e. The van der Waals surface area contributed by atoms with Crippen LogP contribution in [0.5, 0.6) is 0 Å². The maximum Gasteiger partial charge on any atom is 0.137 e. The van der Waals surface area contributed by atoms with Crippen LogP contribution < -0.4 is 5.73 Å². The Morgan fingerprint density at radius 1 is 1.31 bits per heavy atom. The van der Waals surface area contributed by atoms with Gasteiger partial charge in [0, 0.05) is 69.3 Å². The van der Waals surface area contributed by atoms with Crippen LogP contribution in [0.4, 0.5) is 0 Å². The van der Waals surface area contributed by atoms with Gasteiger partial charge in [-0.3, -0.25) is 5.01 Å². The zero-order chi connectivity index (χ0) is 23.1. The van der Waals surface area contributed by atoms with Gasteiger partial charge in [-0.15, -0.1) is 0 Å². The number of nitrogens with two attached hydrogens (primary N) is 1. The number of aromatic nitrogens is 2. The fourth-order valence-electron chi connectivity index (χ4n) is 4.37. The van der Waals surface area contributed by atoms with E-state index in [4.69, 9.17) is 15.8 Å². The highest BCUT2D eigenvalue weighted by Gasteiger charge is 2.38. The molecule has 4 rings (SSSR count). The molecule has 2 aliphatic rings. The number of aliphatic imine (C=N–C) groups is 1. The summed E-state index contributed by atoms with van der Waals surface area (Å²) in [4.78, 5) is 15.3. The van der Waals surface area contributed by atoms with Crippen LogP contribution in [-0.2, 0) is 0 Å². The Kier molecular flexibility index (Phi) is 8.41. The topological polar surface area (TPSA) is 106 Å². The third kappa shape index (κ3) is 5.02. The average molecular weight is 440 g/mol. The van der Waals surface area contributed by atoms with Crippen LogP contribution in [-0.4, -0.2) is 76.9 Å². The van der Waals surface area contributed by atoms with E-state index in [1.165, 1.54) is 12.8 Å². The van der Waals surface area contributed by atoms with Crippen molar-refractivity contribution in [3.05, 3.63) is 36.2 Å². The molecule has 0 saturated heterocycles. The molecule has 8 heteroatoms. The standard InChI is InChI=1S/C23H33N7.CH4O/c1-4-16(2)7-6-11-30(12-9-24)23-21-17(14-27-29(21)3)13-20(28-23)19-15-26-22-18(19)8-5-10-25-22;1-2/h5,8,10,13-17,21H,4,6-7,9,11-12,24H2,1-3H3,(H,25,26);2H,1H3/t16-,17?,21?;/m1./s1. The number of rotatable bonds is 8. The summed E-state index contributed by atoms with van der Waals surface area (Å²) >= 11 is 0. The fourth-order valence-corrected chi connectivity index (χ4v) is 4.37. The number of aromatic amines is 1. The highest BCUT2D eigenvalue weighted by Crippen LogP contribution is 2.33. The van der Waals surface area contributed by atoms with Crippen molar-refractivity contribution in [3.8, 4) is 0 Å². The molecule has 0 bridgehead atoms. The first-order chi connectivity index (χ1) is 15.6. The van der Waals surface area contributed by atoms with Gasteiger partial charge < -0.3 is 20.7 Å². The Balaban J connectivity index is 0.00000141. The molecule has 4 heterocycles. The molecular weight excluding hydrogens is 402 g/mol. The lowest BCUT2D eigenvalue weighted by Crippen LogP contribution is -2.50. The number of aliphatic hydroxyl groups is 1. The molecule has 0 aliphatic carbocycles. The minimum atomic E-state index is 0.132. The van der Waals surface area contributed by atoms with Crippen LogP contribution in [0, 0.1) is 11.8 Å². The maximum absolute atomic E-state index is 7.00. The Bertz CT molecular complexity index is 964. The van der Waals surface area contributed by atoms with E-state index < -0.39 is 0 Å². The van der Waals surface area contributed by atoms with Gasteiger partial charge in [-0.05, 0) is 37.0 Å². The zero-order valence-corrected chi connectivity index (χ0v) is 19.7. The molecule has 174 valence electrons. The summed E-state index contributed by atoms with van der Waals surface area (Å²) in [6.45, 7) is 6.97. The molecule has 2 unspecified atom stereocenters. The fraction of sp³-hybridized carbons (Fsp3) is 0.542. The minimum Gasteiger partial charge on any atom is -0.400 e. The Hall–Kier alpha value is -2.71. The monoisotopic (exact) mass is 439 g/mol. The number of H-pyrrole nitrogens is 1. The van der Waals surface area contributed by atoms with Gasteiger partial charge in [0.05, 0.1) is 5.70 Å². The van der Waals surface area contributed by atoms with E-state index in [2.05, 4.69) is 46.0 Å². The lowest BCUT2D eigenvalue weighted by Gasteiger charge is -2.36. The number of nitrogens with zero attached hydrogens (tertiary/aromatic N) is 5. The van der Waals surface area contributed by atoms with Crippen molar-refractivity contribution in [2.24, 2.45) is 27.7 Å². The van der Waals surface area contributed by atoms with Gasteiger partial charge in [0.2, 0.25) is 0 Å². The molecule has 3 atom stereocenters. The van der Waals surface area contributed by atoms with E-state index >= 15 is 0 Å². The summed E-state index contributed by atoms with van der Waals surface area (Å²) in [6, 6.07) is 4.19. The molecule has 32 heavy (non-hydrogen) atoms. The van der Waals surface area contributed by atoms with Gasteiger partial charge in [0.1, 0.15) is 17.5 Å². The number of likely N-dealkylation sites (N-methyl/N-ethyl adjacent to an activating group) is 1. The molecule has 8 nitrogen and oxygen atoms in total. The van der Waals surface area contributed by atoms with Gasteiger partial charge in [0.15, 0.2) is 0 Å². The number of hydrogen-bond donors (Lipinski definition) is 3. The smallest absolute Gasteiger partial charge is 0.137 e. The summed E-state index contributed by atoms with van der Waals surface area (Å²) in [5.74, 6) is 2.02. The van der Waals surface area contributed by atoms with Crippen molar-refractivity contribution in [1.82, 2.24) is 19.9 Å². The summed E-state index contributed by atoms with van der Waals surface area (Å²) in [6.07, 6.45) is 11.7. The molecule has 0 radical (unpaired) electrons. The highest BCUT2D eigenvalue weighted by atomic mass is 16.2. The number of aliphatic hydroxyl groups excluding tert-OH is 1. The zero-order valence-electron chi connectivity index (χ0n) is 19.7. The highest BCUT2D eigenvalue weighted by molar-refractivity contribution is 6.01. The van der Waals surface area contributed by atoms with Crippen LogP contribution in [0.2, 0.25) is 0 Å². The Labute approximate surface area is 190 Å². The molecule has 2 aliphatic heterocycles. The summed E-state index contributed by atoms with van der Waals surface area (Å²) in [5.41, 5.74) is 8.96. The van der Waals surface area contributed by atoms with Crippen LogP contribution >= 0.6 is 0 Å². The summed E-state index contributed by atoms with van der Waals surface area (Å²) in [7, 11) is 3.03. The molecule has 0 saturated carbocycles. The van der Waals surface area contributed by atoms with E-state index in [1.807, 2.05) is 36.7 Å². The molecule has 4 N–H and O–H groups in total. The molecule has 2 aromatic rings. The average Bonchev–Trinajstić information content (AvgIpc) is 3.43. The van der Waals surface area contributed by atoms with Gasteiger partial charge in [-0.1, -0.05) is 20.3 Å². The van der Waals surface area contributed by atoms with Gasteiger partial charge >= 0.3 is 0 Å². The third-order valence-corrected chi connectivity index (χ3v) is 6.31. The maximum atomic E-state index is 7.00. The van der Waals surface area contributed by atoms with Gasteiger partial charge in [-0.25, -0.2) is 9.98 Å². The number of amidine groups is 1. The summed E-state index contributed by atoms with van der Waals surface area (Å²) in [5, 5.41) is 14.7. The molecule has 0 aromatic carbocycles. The number of hydrazone groups is 1. The third-order valence-electron chi connectivity index (χ3n) is 6.31. The Morgan fingerprint density at radius 3 is 2.88 bits per heavy atom. The lowest BCUT2D eigenvalue weighted by atomic mass is 9.94. The second kappa shape index (κ2) is 11.2. The minimum absolute atomic E-state index is 0.132. The van der Waals surface area contributed by atoms with Crippen molar-refractivity contribution in [3.63, 3.8) is 0 Å². The number of fused-ring (bicyclic) bond motifs is 2. The predicted molar refractivity (Wildman–Crippen MR) is 132 cm³/mol. The second-order valence-electron chi connectivity index (χ2n) is 8.42. The lowest BCUT2D eigenvalue weighted by molar-refractivity contribution is 0.286. The number of pyridine rings is 1. The van der Waals surface area contributed by atoms with Crippen molar-refractivity contribution in [2.75, 3.05) is 33.8 Å². The van der Waals surface area contributed by atoms with Crippen LogP contribution in [0.3, 0.4) is 0 Å². The Morgan fingerprint density at radius 2 is 2.12 bits per heavy atom. The molecule has 0 spiro atoms. The van der Waals surface area contributed by atoms with Crippen molar-refractivity contribution < 1.29 is 5.11 Å². The van der Waals surface area contributed by atoms with Crippen molar-refractivity contribution in [1.29, 1.82) is 0 Å².